The quantitative estimate of drug-likeness (QED) is 0.624. The van der Waals surface area contributed by atoms with Gasteiger partial charge in [0, 0.05) is 24.4 Å². The van der Waals surface area contributed by atoms with Gasteiger partial charge in [-0.05, 0) is 30.5 Å². The predicted molar refractivity (Wildman–Crippen MR) is 84.5 cm³/mol. The largest absolute Gasteiger partial charge is 0.308 e. The second kappa shape index (κ2) is 5.77. The van der Waals surface area contributed by atoms with Crippen molar-refractivity contribution in [1.82, 2.24) is 0 Å². The number of anilines is 1. The minimum atomic E-state index is -0.531. The molecular weight excluding hydrogens is 304 g/mol. The summed E-state index contributed by atoms with van der Waals surface area (Å²) in [6.07, 6.45) is 1.82. The van der Waals surface area contributed by atoms with Crippen molar-refractivity contribution >= 4 is 28.9 Å². The zero-order chi connectivity index (χ0) is 15.7. The van der Waals surface area contributed by atoms with Crippen molar-refractivity contribution in [2.24, 2.45) is 0 Å². The van der Waals surface area contributed by atoms with Gasteiger partial charge < -0.3 is 4.90 Å². The van der Waals surface area contributed by atoms with E-state index in [1.807, 2.05) is 24.3 Å². The van der Waals surface area contributed by atoms with E-state index in [-0.39, 0.29) is 22.2 Å². The van der Waals surface area contributed by atoms with Crippen molar-refractivity contribution < 1.29 is 9.72 Å². The number of nitro groups is 1. The number of carbonyl (C=O) groups is 1. The summed E-state index contributed by atoms with van der Waals surface area (Å²) in [5.74, 6) is -0.230. The maximum Gasteiger partial charge on any atom is 0.270 e. The van der Waals surface area contributed by atoms with Crippen LogP contribution in [0.4, 0.5) is 11.4 Å². The Morgan fingerprint density at radius 2 is 2.00 bits per heavy atom. The fourth-order valence-electron chi connectivity index (χ4n) is 2.68. The smallest absolute Gasteiger partial charge is 0.270 e. The molecule has 1 amide bonds. The normalized spacial score (nSPS) is 13.6. The molecule has 0 N–H and O–H groups in total. The van der Waals surface area contributed by atoms with E-state index in [1.165, 1.54) is 18.2 Å². The molecule has 1 aliphatic rings. The molecule has 5 nitrogen and oxygen atoms in total. The first kappa shape index (κ1) is 14.5. The van der Waals surface area contributed by atoms with E-state index >= 15 is 0 Å². The minimum Gasteiger partial charge on any atom is -0.308 e. The van der Waals surface area contributed by atoms with Crippen molar-refractivity contribution in [3.63, 3.8) is 0 Å². The molecule has 1 heterocycles. The molecule has 1 aliphatic heterocycles. The molecule has 0 atom stereocenters. The lowest BCUT2D eigenvalue weighted by atomic mass is 10.0. The SMILES string of the molecule is O=C(c1ccc([N+](=O)[O-])cc1Cl)N1CCCc2ccccc21. The van der Waals surface area contributed by atoms with E-state index in [0.29, 0.717) is 6.54 Å². The van der Waals surface area contributed by atoms with E-state index in [9.17, 15) is 14.9 Å². The first-order valence-electron chi connectivity index (χ1n) is 6.91. The van der Waals surface area contributed by atoms with Gasteiger partial charge in [0.05, 0.1) is 15.5 Å². The molecule has 0 saturated heterocycles. The summed E-state index contributed by atoms with van der Waals surface area (Å²) < 4.78 is 0. The first-order chi connectivity index (χ1) is 10.6. The van der Waals surface area contributed by atoms with E-state index in [1.54, 1.807) is 4.90 Å². The van der Waals surface area contributed by atoms with E-state index < -0.39 is 4.92 Å². The summed E-state index contributed by atoms with van der Waals surface area (Å²) >= 11 is 6.06. The zero-order valence-electron chi connectivity index (χ0n) is 11.7. The average molecular weight is 317 g/mol. The van der Waals surface area contributed by atoms with Crippen LogP contribution < -0.4 is 4.90 Å². The Morgan fingerprint density at radius 1 is 1.23 bits per heavy atom. The molecule has 112 valence electrons. The van der Waals surface area contributed by atoms with Crippen molar-refractivity contribution in [2.75, 3.05) is 11.4 Å². The van der Waals surface area contributed by atoms with Gasteiger partial charge >= 0.3 is 0 Å². The van der Waals surface area contributed by atoms with Gasteiger partial charge in [0.1, 0.15) is 0 Å². The number of nitro benzene ring substituents is 1. The molecule has 0 saturated carbocycles. The number of amides is 1. The summed E-state index contributed by atoms with van der Waals surface area (Å²) in [5, 5.41) is 10.9. The van der Waals surface area contributed by atoms with Crippen molar-refractivity contribution in [2.45, 2.75) is 12.8 Å². The molecule has 0 aromatic heterocycles. The highest BCUT2D eigenvalue weighted by Gasteiger charge is 2.25. The van der Waals surface area contributed by atoms with Crippen LogP contribution in [0.15, 0.2) is 42.5 Å². The Labute approximate surface area is 132 Å². The number of rotatable bonds is 2. The Kier molecular flexibility index (Phi) is 3.81. The lowest BCUT2D eigenvalue weighted by Gasteiger charge is -2.29. The number of hydrogen-bond donors (Lipinski definition) is 0. The number of nitrogens with zero attached hydrogens (tertiary/aromatic N) is 2. The number of non-ortho nitro benzene ring substituents is 1. The molecule has 2 aromatic carbocycles. The van der Waals surface area contributed by atoms with E-state index in [4.69, 9.17) is 11.6 Å². The maximum absolute atomic E-state index is 12.7. The number of para-hydroxylation sites is 1. The second-order valence-electron chi connectivity index (χ2n) is 5.11. The van der Waals surface area contributed by atoms with Gasteiger partial charge in [-0.25, -0.2) is 0 Å². The second-order valence-corrected chi connectivity index (χ2v) is 5.52. The summed E-state index contributed by atoms with van der Waals surface area (Å²) in [7, 11) is 0. The van der Waals surface area contributed by atoms with Gasteiger partial charge in [-0.3, -0.25) is 14.9 Å². The number of fused-ring (bicyclic) bond motifs is 1. The number of benzene rings is 2. The molecule has 3 rings (SSSR count). The molecule has 2 aromatic rings. The van der Waals surface area contributed by atoms with Crippen LogP contribution in [-0.4, -0.2) is 17.4 Å². The molecule has 0 spiro atoms. The van der Waals surface area contributed by atoms with Crippen molar-refractivity contribution in [1.29, 1.82) is 0 Å². The average Bonchev–Trinajstić information content (AvgIpc) is 2.53. The predicted octanol–water partition coefficient (Wildman–Crippen LogP) is 3.84. The maximum atomic E-state index is 12.7. The van der Waals surface area contributed by atoms with E-state index in [0.717, 1.165) is 24.1 Å². The van der Waals surface area contributed by atoms with Gasteiger partial charge in [0.2, 0.25) is 0 Å². The third-order valence-electron chi connectivity index (χ3n) is 3.75. The van der Waals surface area contributed by atoms with Crippen LogP contribution >= 0.6 is 11.6 Å². The lowest BCUT2D eigenvalue weighted by molar-refractivity contribution is -0.384. The summed E-state index contributed by atoms with van der Waals surface area (Å²) in [4.78, 5) is 24.6. The van der Waals surface area contributed by atoms with E-state index in [2.05, 4.69) is 0 Å². The molecular formula is C16H13ClN2O3. The van der Waals surface area contributed by atoms with Crippen molar-refractivity contribution in [3.05, 3.63) is 68.7 Å². The van der Waals surface area contributed by atoms with Crippen LogP contribution in [-0.2, 0) is 6.42 Å². The van der Waals surface area contributed by atoms with Crippen LogP contribution in [0, 0.1) is 10.1 Å². The summed E-state index contributed by atoms with van der Waals surface area (Å²) in [5.41, 5.74) is 2.16. The fraction of sp³-hybridized carbons (Fsp3) is 0.188. The highest BCUT2D eigenvalue weighted by atomic mass is 35.5. The Hall–Kier alpha value is -2.40. The third-order valence-corrected chi connectivity index (χ3v) is 4.06. The van der Waals surface area contributed by atoms with Crippen molar-refractivity contribution in [3.8, 4) is 0 Å². The van der Waals surface area contributed by atoms with Crippen LogP contribution in [0.5, 0.6) is 0 Å². The molecule has 0 aliphatic carbocycles. The van der Waals surface area contributed by atoms with Gasteiger partial charge in [-0.15, -0.1) is 0 Å². The summed E-state index contributed by atoms with van der Waals surface area (Å²) in [6.45, 7) is 0.614. The first-order valence-corrected chi connectivity index (χ1v) is 7.29. The van der Waals surface area contributed by atoms with Gasteiger partial charge in [-0.2, -0.15) is 0 Å². The Balaban J connectivity index is 1.97. The molecule has 0 radical (unpaired) electrons. The molecule has 6 heteroatoms. The molecule has 0 fully saturated rings. The topological polar surface area (TPSA) is 63.4 Å². The number of carbonyl (C=O) groups excluding carboxylic acids is 1. The van der Waals surface area contributed by atoms with Crippen LogP contribution in [0.3, 0.4) is 0 Å². The summed E-state index contributed by atoms with van der Waals surface area (Å²) in [6, 6.07) is 11.7. The minimum absolute atomic E-state index is 0.0993. The molecule has 22 heavy (non-hydrogen) atoms. The fourth-order valence-corrected chi connectivity index (χ4v) is 2.94. The third kappa shape index (κ3) is 2.55. The Morgan fingerprint density at radius 3 is 2.73 bits per heavy atom. The highest BCUT2D eigenvalue weighted by Crippen LogP contribution is 2.30. The van der Waals surface area contributed by atoms with Gasteiger partial charge in [0.15, 0.2) is 0 Å². The number of halogens is 1. The highest BCUT2D eigenvalue weighted by molar-refractivity contribution is 6.34. The number of aryl methyl sites for hydroxylation is 1. The van der Waals surface area contributed by atoms with Gasteiger partial charge in [-0.1, -0.05) is 29.8 Å². The lowest BCUT2D eigenvalue weighted by Crippen LogP contribution is -2.35. The zero-order valence-corrected chi connectivity index (χ0v) is 12.4. The standard InChI is InChI=1S/C16H13ClN2O3/c17-14-10-12(19(21)22)7-8-13(14)16(20)18-9-3-5-11-4-1-2-6-15(11)18/h1-2,4,6-8,10H,3,5,9H2. The monoisotopic (exact) mass is 316 g/mol. The van der Waals surface area contributed by atoms with Crippen LogP contribution in [0.2, 0.25) is 5.02 Å². The number of hydrogen-bond acceptors (Lipinski definition) is 3. The van der Waals surface area contributed by atoms with Crippen LogP contribution in [0.1, 0.15) is 22.3 Å². The van der Waals surface area contributed by atoms with Gasteiger partial charge in [0.25, 0.3) is 11.6 Å². The Bertz CT molecular complexity index is 761. The molecule has 0 bridgehead atoms. The molecule has 0 unspecified atom stereocenters. The van der Waals surface area contributed by atoms with Crippen LogP contribution in [0.25, 0.3) is 0 Å².